The zero-order valence-electron chi connectivity index (χ0n) is 20.2. The molecule has 37 heavy (non-hydrogen) atoms. The molecule has 2 unspecified atom stereocenters. The SMILES string of the molecule is COc1ccccc1CN1CC(=O)N2C(c3cccc([NH+]([O-])O)c3)c3[nH]c4ccccc4c3C[C@H]2C1=O. The zero-order chi connectivity index (χ0) is 25.7. The van der Waals surface area contributed by atoms with Crippen molar-refractivity contribution in [1.29, 1.82) is 0 Å². The maximum atomic E-state index is 13.9. The number of carbonyl (C=O) groups is 2. The summed E-state index contributed by atoms with van der Waals surface area (Å²) in [7, 11) is 1.58. The van der Waals surface area contributed by atoms with Crippen molar-refractivity contribution in [2.75, 3.05) is 13.7 Å². The molecule has 4 aromatic rings. The molecule has 1 aromatic heterocycles. The highest BCUT2D eigenvalue weighted by molar-refractivity contribution is 5.97. The third-order valence-electron chi connectivity index (χ3n) is 7.35. The second-order valence-corrected chi connectivity index (χ2v) is 9.42. The van der Waals surface area contributed by atoms with Crippen LogP contribution in [-0.2, 0) is 22.6 Å². The fourth-order valence-electron chi connectivity index (χ4n) is 5.68. The van der Waals surface area contributed by atoms with Gasteiger partial charge >= 0.3 is 0 Å². The normalized spacial score (nSPS) is 20.1. The van der Waals surface area contributed by atoms with Crippen LogP contribution in [0, 0.1) is 5.21 Å². The smallest absolute Gasteiger partial charge is 0.246 e. The molecule has 0 bridgehead atoms. The number of nitrogens with one attached hydrogen (secondary N) is 2. The molecule has 1 fully saturated rings. The van der Waals surface area contributed by atoms with E-state index >= 15 is 0 Å². The number of aromatic nitrogens is 1. The van der Waals surface area contributed by atoms with E-state index in [1.54, 1.807) is 29.0 Å². The number of nitrogens with zero attached hydrogens (tertiary/aromatic N) is 2. The van der Waals surface area contributed by atoms with E-state index in [9.17, 15) is 20.0 Å². The van der Waals surface area contributed by atoms with Crippen LogP contribution in [0.5, 0.6) is 5.75 Å². The largest absolute Gasteiger partial charge is 0.595 e. The number of ether oxygens (including phenoxy) is 1. The van der Waals surface area contributed by atoms with Crippen LogP contribution in [0.1, 0.15) is 28.4 Å². The molecule has 0 saturated carbocycles. The molecule has 0 spiro atoms. The van der Waals surface area contributed by atoms with Gasteiger partial charge in [-0.1, -0.05) is 48.5 Å². The second-order valence-electron chi connectivity index (χ2n) is 9.42. The number of fused-ring (bicyclic) bond motifs is 4. The maximum Gasteiger partial charge on any atom is 0.246 e. The Bertz CT molecular complexity index is 1510. The maximum absolute atomic E-state index is 13.9. The Hall–Kier alpha value is -4.18. The Morgan fingerprint density at radius 2 is 1.86 bits per heavy atom. The lowest BCUT2D eigenvalue weighted by atomic mass is 9.86. The molecule has 9 nitrogen and oxygen atoms in total. The third-order valence-corrected chi connectivity index (χ3v) is 7.35. The summed E-state index contributed by atoms with van der Waals surface area (Å²) in [4.78, 5) is 34.3. The van der Waals surface area contributed by atoms with E-state index in [1.807, 2.05) is 54.6 Å². The van der Waals surface area contributed by atoms with Gasteiger partial charge in [0.15, 0.2) is 5.69 Å². The van der Waals surface area contributed by atoms with Gasteiger partial charge in [0.05, 0.1) is 13.2 Å². The van der Waals surface area contributed by atoms with Crippen molar-refractivity contribution in [3.05, 3.63) is 100 Å². The van der Waals surface area contributed by atoms with Crippen LogP contribution in [-0.4, -0.2) is 51.5 Å². The number of carbonyl (C=O) groups excluding carboxylic acids is 2. The molecule has 3 N–H and O–H groups in total. The number of para-hydroxylation sites is 2. The Morgan fingerprint density at radius 1 is 1.08 bits per heavy atom. The molecular weight excluding hydrogens is 472 g/mol. The van der Waals surface area contributed by atoms with E-state index in [0.29, 0.717) is 17.7 Å². The first-order valence-electron chi connectivity index (χ1n) is 12.1. The van der Waals surface area contributed by atoms with Crippen molar-refractivity contribution in [1.82, 2.24) is 14.8 Å². The molecular formula is C28H26N4O5. The van der Waals surface area contributed by atoms with Gasteiger partial charge in [-0.3, -0.25) is 9.59 Å². The monoisotopic (exact) mass is 498 g/mol. The summed E-state index contributed by atoms with van der Waals surface area (Å²) >= 11 is 0. The van der Waals surface area contributed by atoms with Crippen LogP contribution in [0.2, 0.25) is 0 Å². The summed E-state index contributed by atoms with van der Waals surface area (Å²) in [5, 5.41) is 21.3. The van der Waals surface area contributed by atoms with Crippen LogP contribution in [0.3, 0.4) is 0 Å². The van der Waals surface area contributed by atoms with Crippen molar-refractivity contribution < 1.29 is 24.8 Å². The minimum atomic E-state index is -1.05. The molecule has 3 aromatic carbocycles. The molecule has 2 aliphatic heterocycles. The Kier molecular flexibility index (Phi) is 5.68. The van der Waals surface area contributed by atoms with Crippen molar-refractivity contribution in [2.24, 2.45) is 0 Å². The van der Waals surface area contributed by atoms with Gasteiger partial charge in [0.25, 0.3) is 0 Å². The summed E-state index contributed by atoms with van der Waals surface area (Å²) in [6, 6.07) is 20.6. The molecule has 3 heterocycles. The highest BCUT2D eigenvalue weighted by Gasteiger charge is 2.48. The molecule has 9 heteroatoms. The first kappa shape index (κ1) is 23.2. The van der Waals surface area contributed by atoms with E-state index < -0.39 is 17.3 Å². The number of benzene rings is 3. The molecule has 0 aliphatic carbocycles. The molecule has 0 radical (unpaired) electrons. The van der Waals surface area contributed by atoms with Crippen molar-refractivity contribution in [2.45, 2.75) is 25.0 Å². The minimum Gasteiger partial charge on any atom is -0.595 e. The van der Waals surface area contributed by atoms with E-state index in [4.69, 9.17) is 4.74 Å². The number of rotatable bonds is 5. The molecule has 3 atom stereocenters. The standard InChI is InChI=1S/C28H26N4O5/c1-37-24-12-5-2-7-18(24)15-30-16-25(33)31-23(28(30)34)14-21-20-10-3-4-11-22(20)29-26(21)27(31)17-8-6-9-19(13-17)32(35)36/h2-13,23,27,29,32,35H,14-16H2,1H3/t23-,27?/m0/s1. The van der Waals surface area contributed by atoms with Gasteiger partial charge < -0.3 is 24.7 Å². The summed E-state index contributed by atoms with van der Waals surface area (Å²) in [5.74, 6) is 0.339. The quantitative estimate of drug-likeness (QED) is 0.366. The predicted molar refractivity (Wildman–Crippen MR) is 135 cm³/mol. The van der Waals surface area contributed by atoms with E-state index in [-0.39, 0.29) is 30.6 Å². The van der Waals surface area contributed by atoms with Crippen molar-refractivity contribution in [3.63, 3.8) is 0 Å². The van der Waals surface area contributed by atoms with Crippen LogP contribution in [0.4, 0.5) is 5.69 Å². The average molecular weight is 499 g/mol. The molecule has 188 valence electrons. The fourth-order valence-corrected chi connectivity index (χ4v) is 5.68. The first-order valence-corrected chi connectivity index (χ1v) is 12.1. The summed E-state index contributed by atoms with van der Waals surface area (Å²) in [6.45, 7) is 0.191. The zero-order valence-corrected chi connectivity index (χ0v) is 20.2. The average Bonchev–Trinajstić information content (AvgIpc) is 3.29. The van der Waals surface area contributed by atoms with Crippen molar-refractivity contribution >= 4 is 28.4 Å². The van der Waals surface area contributed by atoms with E-state index in [1.165, 1.54) is 6.07 Å². The lowest BCUT2D eigenvalue weighted by Crippen LogP contribution is -2.99. The lowest BCUT2D eigenvalue weighted by molar-refractivity contribution is -0.991. The van der Waals surface area contributed by atoms with Gasteiger partial charge in [0.2, 0.25) is 11.8 Å². The minimum absolute atomic E-state index is 0.0714. The van der Waals surface area contributed by atoms with Gasteiger partial charge in [0, 0.05) is 47.3 Å². The predicted octanol–water partition coefficient (Wildman–Crippen LogP) is 2.46. The number of amides is 2. The first-order chi connectivity index (χ1) is 18.0. The third kappa shape index (κ3) is 3.84. The van der Waals surface area contributed by atoms with Crippen LogP contribution < -0.4 is 9.96 Å². The highest BCUT2D eigenvalue weighted by atomic mass is 16.8. The molecule has 2 aliphatic rings. The summed E-state index contributed by atoms with van der Waals surface area (Å²) in [6.07, 6.45) is 0.376. The number of piperazine rings is 1. The number of methoxy groups -OCH3 is 1. The van der Waals surface area contributed by atoms with Crippen molar-refractivity contribution in [3.8, 4) is 5.75 Å². The van der Waals surface area contributed by atoms with Gasteiger partial charge in [0.1, 0.15) is 18.3 Å². The van der Waals surface area contributed by atoms with Gasteiger partial charge in [-0.05, 0) is 23.3 Å². The second kappa shape index (κ2) is 9.04. The number of H-pyrrole nitrogens is 1. The summed E-state index contributed by atoms with van der Waals surface area (Å²) < 4.78 is 5.46. The number of hydrogen-bond donors (Lipinski definition) is 3. The van der Waals surface area contributed by atoms with Crippen LogP contribution in [0.15, 0.2) is 72.8 Å². The molecule has 2 amide bonds. The lowest BCUT2D eigenvalue weighted by Gasteiger charge is -2.47. The summed E-state index contributed by atoms with van der Waals surface area (Å²) in [5.41, 5.74) is 4.32. The van der Waals surface area contributed by atoms with Crippen LogP contribution >= 0.6 is 0 Å². The van der Waals surface area contributed by atoms with E-state index in [2.05, 4.69) is 4.98 Å². The fraction of sp³-hybridized carbons (Fsp3) is 0.214. The van der Waals surface area contributed by atoms with Gasteiger partial charge in [-0.25, -0.2) is 5.21 Å². The van der Waals surface area contributed by atoms with Gasteiger partial charge in [-0.15, -0.1) is 0 Å². The Labute approximate surface area is 213 Å². The number of aromatic amines is 1. The number of hydrogen-bond acceptors (Lipinski definition) is 5. The Balaban J connectivity index is 1.45. The molecule has 1 saturated heterocycles. The molecule has 6 rings (SSSR count). The topological polar surface area (TPSA) is 113 Å². The van der Waals surface area contributed by atoms with Gasteiger partial charge in [-0.2, -0.15) is 5.23 Å². The van der Waals surface area contributed by atoms with Crippen LogP contribution in [0.25, 0.3) is 10.9 Å². The number of quaternary nitrogens is 1. The van der Waals surface area contributed by atoms with E-state index in [0.717, 1.165) is 27.7 Å². The Morgan fingerprint density at radius 3 is 2.68 bits per heavy atom. The highest BCUT2D eigenvalue weighted by Crippen LogP contribution is 2.43.